The van der Waals surface area contributed by atoms with E-state index in [0.29, 0.717) is 12.0 Å². The van der Waals surface area contributed by atoms with Crippen LogP contribution in [-0.4, -0.2) is 30.8 Å². The number of rotatable bonds is 5. The molecule has 1 amide bonds. The van der Waals surface area contributed by atoms with Gasteiger partial charge in [-0.25, -0.2) is 4.79 Å². The second-order valence-electron chi connectivity index (χ2n) is 7.74. The zero-order chi connectivity index (χ0) is 15.3. The minimum Gasteiger partial charge on any atom is -0.444 e. The zero-order valence-corrected chi connectivity index (χ0v) is 13.9. The molecule has 0 spiro atoms. The molecule has 0 aromatic heterocycles. The van der Waals surface area contributed by atoms with Crippen LogP contribution in [0.1, 0.15) is 65.7 Å². The molecule has 0 radical (unpaired) electrons. The van der Waals surface area contributed by atoms with Crippen molar-refractivity contribution in [3.63, 3.8) is 0 Å². The first-order valence-electron chi connectivity index (χ1n) is 8.64. The Morgan fingerprint density at radius 1 is 1.05 bits per heavy atom. The van der Waals surface area contributed by atoms with Gasteiger partial charge in [-0.1, -0.05) is 19.3 Å². The standard InChI is InChI=1S/C17H32N2O2/c1-17(2,3)21-16(20)19-12-14-9-6-10-15(14)18-11-13-7-4-5-8-13/h13-15,18H,4-12H2,1-3H3,(H,19,20). The Labute approximate surface area is 129 Å². The summed E-state index contributed by atoms with van der Waals surface area (Å²) in [6, 6.07) is 0.570. The monoisotopic (exact) mass is 296 g/mol. The van der Waals surface area contributed by atoms with Crippen molar-refractivity contribution in [3.8, 4) is 0 Å². The van der Waals surface area contributed by atoms with Crippen molar-refractivity contribution in [2.24, 2.45) is 11.8 Å². The fourth-order valence-electron chi connectivity index (χ4n) is 3.61. The van der Waals surface area contributed by atoms with Crippen molar-refractivity contribution in [3.05, 3.63) is 0 Å². The van der Waals surface area contributed by atoms with E-state index in [4.69, 9.17) is 4.74 Å². The van der Waals surface area contributed by atoms with Gasteiger partial charge in [0.15, 0.2) is 0 Å². The molecule has 0 heterocycles. The van der Waals surface area contributed by atoms with Crippen molar-refractivity contribution in [1.82, 2.24) is 10.6 Å². The van der Waals surface area contributed by atoms with E-state index in [0.717, 1.165) is 19.0 Å². The van der Waals surface area contributed by atoms with Crippen molar-refractivity contribution in [1.29, 1.82) is 0 Å². The summed E-state index contributed by atoms with van der Waals surface area (Å²) in [4.78, 5) is 11.7. The quantitative estimate of drug-likeness (QED) is 0.817. The molecule has 0 aliphatic heterocycles. The number of carbonyl (C=O) groups is 1. The highest BCUT2D eigenvalue weighted by atomic mass is 16.6. The molecule has 0 saturated heterocycles. The minimum atomic E-state index is -0.417. The van der Waals surface area contributed by atoms with Crippen LogP contribution >= 0.6 is 0 Å². The lowest BCUT2D eigenvalue weighted by Gasteiger charge is -2.24. The molecule has 2 unspecified atom stereocenters. The molecule has 2 N–H and O–H groups in total. The van der Waals surface area contributed by atoms with Gasteiger partial charge in [-0.2, -0.15) is 0 Å². The highest BCUT2D eigenvalue weighted by molar-refractivity contribution is 5.67. The van der Waals surface area contributed by atoms with Crippen LogP contribution in [0.4, 0.5) is 4.79 Å². The van der Waals surface area contributed by atoms with E-state index in [-0.39, 0.29) is 6.09 Å². The normalized spacial score (nSPS) is 27.0. The van der Waals surface area contributed by atoms with Gasteiger partial charge in [0, 0.05) is 12.6 Å². The van der Waals surface area contributed by atoms with Crippen LogP contribution < -0.4 is 10.6 Å². The average Bonchev–Trinajstić information content (AvgIpc) is 3.03. The Morgan fingerprint density at radius 2 is 1.76 bits per heavy atom. The molecular weight excluding hydrogens is 264 g/mol. The molecule has 2 atom stereocenters. The van der Waals surface area contributed by atoms with E-state index in [1.54, 1.807) is 0 Å². The molecule has 0 bridgehead atoms. The van der Waals surface area contributed by atoms with Crippen molar-refractivity contribution in [2.75, 3.05) is 13.1 Å². The predicted molar refractivity (Wildman–Crippen MR) is 85.3 cm³/mol. The second kappa shape index (κ2) is 7.48. The maximum absolute atomic E-state index is 11.7. The van der Waals surface area contributed by atoms with Gasteiger partial charge >= 0.3 is 6.09 Å². The summed E-state index contributed by atoms with van der Waals surface area (Å²) in [6.45, 7) is 7.58. The van der Waals surface area contributed by atoms with Crippen LogP contribution in [0.2, 0.25) is 0 Å². The summed E-state index contributed by atoms with van der Waals surface area (Å²) in [5, 5.41) is 6.69. The summed E-state index contributed by atoms with van der Waals surface area (Å²) in [7, 11) is 0. The number of ether oxygens (including phenoxy) is 1. The molecule has 2 rings (SSSR count). The number of carbonyl (C=O) groups excluding carboxylic acids is 1. The van der Waals surface area contributed by atoms with Crippen LogP contribution in [0, 0.1) is 11.8 Å². The number of hydrogen-bond acceptors (Lipinski definition) is 3. The molecule has 4 heteroatoms. The molecule has 0 aromatic rings. The van der Waals surface area contributed by atoms with Crippen LogP contribution in [-0.2, 0) is 4.74 Å². The molecular formula is C17H32N2O2. The van der Waals surface area contributed by atoms with E-state index < -0.39 is 5.60 Å². The number of nitrogens with one attached hydrogen (secondary N) is 2. The Morgan fingerprint density at radius 3 is 2.43 bits per heavy atom. The lowest BCUT2D eigenvalue weighted by molar-refractivity contribution is 0.0517. The lowest BCUT2D eigenvalue weighted by Crippen LogP contribution is -2.42. The van der Waals surface area contributed by atoms with Gasteiger partial charge in [0.1, 0.15) is 5.60 Å². The highest BCUT2D eigenvalue weighted by Crippen LogP contribution is 2.28. The van der Waals surface area contributed by atoms with E-state index in [2.05, 4.69) is 10.6 Å². The van der Waals surface area contributed by atoms with Crippen molar-refractivity contribution < 1.29 is 9.53 Å². The van der Waals surface area contributed by atoms with Crippen LogP contribution in [0.3, 0.4) is 0 Å². The molecule has 0 aromatic carbocycles. The lowest BCUT2D eigenvalue weighted by atomic mass is 10.0. The second-order valence-corrected chi connectivity index (χ2v) is 7.74. The summed E-state index contributed by atoms with van der Waals surface area (Å²) in [5.74, 6) is 1.43. The van der Waals surface area contributed by atoms with Crippen LogP contribution in [0.5, 0.6) is 0 Å². The fraction of sp³-hybridized carbons (Fsp3) is 0.941. The van der Waals surface area contributed by atoms with E-state index in [1.165, 1.54) is 44.9 Å². The minimum absolute atomic E-state index is 0.288. The van der Waals surface area contributed by atoms with E-state index in [1.807, 2.05) is 20.8 Å². The van der Waals surface area contributed by atoms with E-state index in [9.17, 15) is 4.79 Å². The first-order chi connectivity index (χ1) is 9.94. The molecule has 122 valence electrons. The molecule has 2 aliphatic carbocycles. The molecule has 4 nitrogen and oxygen atoms in total. The third-order valence-electron chi connectivity index (χ3n) is 4.71. The Kier molecular flexibility index (Phi) is 5.91. The van der Waals surface area contributed by atoms with Gasteiger partial charge in [0.05, 0.1) is 0 Å². The average molecular weight is 296 g/mol. The number of amides is 1. The third kappa shape index (κ3) is 5.85. The molecule has 2 aliphatic rings. The summed E-state index contributed by atoms with van der Waals surface area (Å²) >= 11 is 0. The van der Waals surface area contributed by atoms with Crippen molar-refractivity contribution >= 4 is 6.09 Å². The van der Waals surface area contributed by atoms with E-state index >= 15 is 0 Å². The van der Waals surface area contributed by atoms with Gasteiger partial charge < -0.3 is 15.4 Å². The van der Waals surface area contributed by atoms with Gasteiger partial charge in [0.25, 0.3) is 0 Å². The zero-order valence-electron chi connectivity index (χ0n) is 13.9. The van der Waals surface area contributed by atoms with Gasteiger partial charge in [-0.3, -0.25) is 0 Å². The van der Waals surface area contributed by atoms with Gasteiger partial charge in [-0.05, 0) is 64.8 Å². The SMILES string of the molecule is CC(C)(C)OC(=O)NCC1CCCC1NCC1CCCC1. The molecule has 2 saturated carbocycles. The molecule has 2 fully saturated rings. The summed E-state index contributed by atoms with van der Waals surface area (Å²) in [5.41, 5.74) is -0.417. The van der Waals surface area contributed by atoms with Crippen LogP contribution in [0.15, 0.2) is 0 Å². The summed E-state index contributed by atoms with van der Waals surface area (Å²) < 4.78 is 5.30. The fourth-order valence-corrected chi connectivity index (χ4v) is 3.61. The highest BCUT2D eigenvalue weighted by Gasteiger charge is 2.28. The Bertz CT molecular complexity index is 332. The molecule has 21 heavy (non-hydrogen) atoms. The topological polar surface area (TPSA) is 50.4 Å². The smallest absolute Gasteiger partial charge is 0.407 e. The maximum Gasteiger partial charge on any atom is 0.407 e. The largest absolute Gasteiger partial charge is 0.444 e. The van der Waals surface area contributed by atoms with Crippen molar-refractivity contribution in [2.45, 2.75) is 77.4 Å². The van der Waals surface area contributed by atoms with Gasteiger partial charge in [-0.15, -0.1) is 0 Å². The Hall–Kier alpha value is -0.770. The maximum atomic E-state index is 11.7. The first-order valence-corrected chi connectivity index (χ1v) is 8.64. The van der Waals surface area contributed by atoms with Crippen LogP contribution in [0.25, 0.3) is 0 Å². The summed E-state index contributed by atoms with van der Waals surface area (Å²) in [6.07, 6.45) is 9.01. The Balaban J connectivity index is 1.67. The predicted octanol–water partition coefficient (Wildman–Crippen LogP) is 3.46. The first kappa shape index (κ1) is 16.6. The third-order valence-corrected chi connectivity index (χ3v) is 4.71. The number of alkyl carbamates (subject to hydrolysis) is 1. The van der Waals surface area contributed by atoms with Gasteiger partial charge in [0.2, 0.25) is 0 Å². The number of hydrogen-bond donors (Lipinski definition) is 2.